The third-order valence-electron chi connectivity index (χ3n) is 2.77. The van der Waals surface area contributed by atoms with E-state index in [-0.39, 0.29) is 0 Å². The molecule has 106 valence electrons. The first-order chi connectivity index (χ1) is 9.51. The Kier molecular flexibility index (Phi) is 5.46. The van der Waals surface area contributed by atoms with Gasteiger partial charge < -0.3 is 10.1 Å². The smallest absolute Gasteiger partial charge is 0.147 e. The summed E-state index contributed by atoms with van der Waals surface area (Å²) in [5, 5.41) is 3.36. The van der Waals surface area contributed by atoms with Gasteiger partial charge in [-0.05, 0) is 84.0 Å². The van der Waals surface area contributed by atoms with E-state index in [2.05, 4.69) is 64.2 Å². The SMILES string of the molecule is COc1c(Br)cc(CNc2cnc(Br)c(C)c2)cc1Br. The van der Waals surface area contributed by atoms with Crippen LogP contribution in [0.25, 0.3) is 0 Å². The molecule has 1 heterocycles. The molecule has 0 spiro atoms. The number of anilines is 1. The summed E-state index contributed by atoms with van der Waals surface area (Å²) < 4.78 is 8.02. The maximum Gasteiger partial charge on any atom is 0.147 e. The monoisotopic (exact) mass is 462 g/mol. The minimum Gasteiger partial charge on any atom is -0.494 e. The van der Waals surface area contributed by atoms with Crippen LogP contribution in [0.2, 0.25) is 0 Å². The molecule has 0 bridgehead atoms. The first kappa shape index (κ1) is 15.8. The molecule has 20 heavy (non-hydrogen) atoms. The molecular formula is C14H13Br3N2O. The summed E-state index contributed by atoms with van der Waals surface area (Å²) in [5.41, 5.74) is 3.24. The quantitative estimate of drug-likeness (QED) is 0.623. The number of aryl methyl sites for hydroxylation is 1. The lowest BCUT2D eigenvalue weighted by Gasteiger charge is -2.11. The van der Waals surface area contributed by atoms with Gasteiger partial charge in [-0.25, -0.2) is 4.98 Å². The molecule has 0 fully saturated rings. The molecule has 0 radical (unpaired) electrons. The van der Waals surface area contributed by atoms with Crippen LogP contribution < -0.4 is 10.1 Å². The summed E-state index contributed by atoms with van der Waals surface area (Å²) >= 11 is 10.4. The predicted octanol–water partition coefficient (Wildman–Crippen LogP) is 5.30. The van der Waals surface area contributed by atoms with E-state index in [9.17, 15) is 0 Å². The minimum atomic E-state index is 0.712. The van der Waals surface area contributed by atoms with Crippen LogP contribution >= 0.6 is 47.8 Å². The van der Waals surface area contributed by atoms with Crippen LogP contribution in [-0.2, 0) is 6.54 Å². The molecule has 3 nitrogen and oxygen atoms in total. The number of ether oxygens (including phenoxy) is 1. The number of hydrogen-bond donors (Lipinski definition) is 1. The number of rotatable bonds is 4. The van der Waals surface area contributed by atoms with E-state index in [1.165, 1.54) is 0 Å². The highest BCUT2D eigenvalue weighted by Gasteiger charge is 2.08. The molecule has 0 amide bonds. The Bertz CT molecular complexity index is 609. The third-order valence-corrected chi connectivity index (χ3v) is 4.78. The molecule has 0 aliphatic carbocycles. The topological polar surface area (TPSA) is 34.1 Å². The molecular weight excluding hydrogens is 452 g/mol. The van der Waals surface area contributed by atoms with Crippen molar-refractivity contribution in [2.24, 2.45) is 0 Å². The molecule has 2 rings (SSSR count). The Morgan fingerprint density at radius 2 is 1.80 bits per heavy atom. The van der Waals surface area contributed by atoms with Gasteiger partial charge in [0.05, 0.1) is 27.9 Å². The van der Waals surface area contributed by atoms with Crippen molar-refractivity contribution in [1.29, 1.82) is 0 Å². The zero-order chi connectivity index (χ0) is 14.7. The molecule has 0 saturated carbocycles. The molecule has 1 aromatic heterocycles. The Hall–Kier alpha value is -0.590. The molecule has 1 aromatic carbocycles. The van der Waals surface area contributed by atoms with E-state index in [1.54, 1.807) is 7.11 Å². The molecule has 0 aliphatic rings. The number of methoxy groups -OCH3 is 1. The van der Waals surface area contributed by atoms with Crippen molar-refractivity contribution in [3.8, 4) is 5.75 Å². The fraction of sp³-hybridized carbons (Fsp3) is 0.214. The number of aromatic nitrogens is 1. The van der Waals surface area contributed by atoms with Crippen molar-refractivity contribution in [2.75, 3.05) is 12.4 Å². The molecule has 0 aliphatic heterocycles. The van der Waals surface area contributed by atoms with Gasteiger partial charge in [-0.1, -0.05) is 0 Å². The van der Waals surface area contributed by atoms with E-state index < -0.39 is 0 Å². The third kappa shape index (κ3) is 3.74. The van der Waals surface area contributed by atoms with Crippen LogP contribution in [0.1, 0.15) is 11.1 Å². The average Bonchev–Trinajstić information content (AvgIpc) is 2.40. The second-order valence-electron chi connectivity index (χ2n) is 4.28. The number of nitrogens with zero attached hydrogens (tertiary/aromatic N) is 1. The van der Waals surface area contributed by atoms with E-state index in [1.807, 2.05) is 25.3 Å². The zero-order valence-corrected chi connectivity index (χ0v) is 15.8. The number of halogens is 3. The van der Waals surface area contributed by atoms with Gasteiger partial charge in [0.1, 0.15) is 10.4 Å². The maximum absolute atomic E-state index is 5.29. The van der Waals surface area contributed by atoms with Crippen molar-refractivity contribution in [2.45, 2.75) is 13.5 Å². The van der Waals surface area contributed by atoms with Gasteiger partial charge in [0.25, 0.3) is 0 Å². The lowest BCUT2D eigenvalue weighted by atomic mass is 10.2. The second-order valence-corrected chi connectivity index (χ2v) is 6.74. The Morgan fingerprint density at radius 3 is 2.35 bits per heavy atom. The largest absolute Gasteiger partial charge is 0.494 e. The van der Waals surface area contributed by atoms with Crippen LogP contribution in [-0.4, -0.2) is 12.1 Å². The van der Waals surface area contributed by atoms with Crippen molar-refractivity contribution in [1.82, 2.24) is 4.98 Å². The molecule has 6 heteroatoms. The van der Waals surface area contributed by atoms with Gasteiger partial charge in [0.2, 0.25) is 0 Å². The van der Waals surface area contributed by atoms with E-state index >= 15 is 0 Å². The van der Waals surface area contributed by atoms with Crippen LogP contribution in [0, 0.1) is 6.92 Å². The number of benzene rings is 1. The van der Waals surface area contributed by atoms with Crippen molar-refractivity contribution in [3.63, 3.8) is 0 Å². The van der Waals surface area contributed by atoms with Crippen LogP contribution in [0.5, 0.6) is 5.75 Å². The highest BCUT2D eigenvalue weighted by molar-refractivity contribution is 9.11. The fourth-order valence-electron chi connectivity index (χ4n) is 1.77. The summed E-state index contributed by atoms with van der Waals surface area (Å²) in [7, 11) is 1.65. The van der Waals surface area contributed by atoms with E-state index in [0.717, 1.165) is 36.1 Å². The number of hydrogen-bond acceptors (Lipinski definition) is 3. The van der Waals surface area contributed by atoms with Crippen molar-refractivity contribution >= 4 is 53.5 Å². The molecule has 0 unspecified atom stereocenters. The minimum absolute atomic E-state index is 0.712. The molecule has 0 saturated heterocycles. The fourth-order valence-corrected chi connectivity index (χ4v) is 3.59. The van der Waals surface area contributed by atoms with Gasteiger partial charge in [-0.3, -0.25) is 0 Å². The Balaban J connectivity index is 2.13. The highest BCUT2D eigenvalue weighted by atomic mass is 79.9. The van der Waals surface area contributed by atoms with Gasteiger partial charge in [-0.2, -0.15) is 0 Å². The van der Waals surface area contributed by atoms with Gasteiger partial charge in [-0.15, -0.1) is 0 Å². The van der Waals surface area contributed by atoms with Gasteiger partial charge >= 0.3 is 0 Å². The lowest BCUT2D eigenvalue weighted by molar-refractivity contribution is 0.409. The first-order valence-electron chi connectivity index (χ1n) is 5.89. The van der Waals surface area contributed by atoms with Crippen molar-refractivity contribution < 1.29 is 4.74 Å². The number of pyridine rings is 1. The number of nitrogens with one attached hydrogen (secondary N) is 1. The van der Waals surface area contributed by atoms with E-state index in [0.29, 0.717) is 6.54 Å². The zero-order valence-electron chi connectivity index (χ0n) is 11.0. The average molecular weight is 465 g/mol. The Morgan fingerprint density at radius 1 is 1.15 bits per heavy atom. The first-order valence-corrected chi connectivity index (χ1v) is 8.27. The van der Waals surface area contributed by atoms with Crippen LogP contribution in [0.3, 0.4) is 0 Å². The standard InChI is InChI=1S/C14H13Br3N2O/c1-8-3-10(7-19-14(8)17)18-6-9-4-11(15)13(20-2)12(16)5-9/h3-5,7,18H,6H2,1-2H3. The highest BCUT2D eigenvalue weighted by Crippen LogP contribution is 2.34. The summed E-state index contributed by atoms with van der Waals surface area (Å²) in [4.78, 5) is 4.27. The van der Waals surface area contributed by atoms with Gasteiger partial charge in [0, 0.05) is 6.54 Å². The van der Waals surface area contributed by atoms with Crippen LogP contribution in [0.15, 0.2) is 37.9 Å². The van der Waals surface area contributed by atoms with Gasteiger partial charge in [0.15, 0.2) is 0 Å². The second kappa shape index (κ2) is 6.91. The predicted molar refractivity (Wildman–Crippen MR) is 92.4 cm³/mol. The lowest BCUT2D eigenvalue weighted by Crippen LogP contribution is -2.01. The molecule has 2 aromatic rings. The molecule has 0 atom stereocenters. The van der Waals surface area contributed by atoms with E-state index in [4.69, 9.17) is 4.74 Å². The summed E-state index contributed by atoms with van der Waals surface area (Å²) in [6.45, 7) is 2.73. The van der Waals surface area contributed by atoms with Crippen LogP contribution in [0.4, 0.5) is 5.69 Å². The maximum atomic E-state index is 5.29. The summed E-state index contributed by atoms with van der Waals surface area (Å²) in [5.74, 6) is 0.801. The summed E-state index contributed by atoms with van der Waals surface area (Å²) in [6, 6.07) is 6.14. The molecule has 1 N–H and O–H groups in total. The summed E-state index contributed by atoms with van der Waals surface area (Å²) in [6.07, 6.45) is 1.81. The van der Waals surface area contributed by atoms with Crippen molar-refractivity contribution in [3.05, 3.63) is 49.1 Å². The normalized spacial score (nSPS) is 10.4. The Labute approximate surface area is 143 Å².